The first-order valence-corrected chi connectivity index (χ1v) is 6.28. The minimum atomic E-state index is 0.429. The Bertz CT molecular complexity index is 567. The molecule has 2 N–H and O–H groups in total. The smallest absolute Gasteiger partial charge is 0.161 e. The summed E-state index contributed by atoms with van der Waals surface area (Å²) >= 11 is 5.91. The highest BCUT2D eigenvalue weighted by Gasteiger charge is 2.11. The molecule has 2 rings (SSSR count). The SMILES string of the molecule is COc1cc(CN)c(-c2ccc(Cl)cc2)cc1OC. The number of hydrogen-bond donors (Lipinski definition) is 1. The maximum absolute atomic E-state index is 5.91. The molecule has 0 aromatic heterocycles. The van der Waals surface area contributed by atoms with Crippen LogP contribution in [0, 0.1) is 0 Å². The van der Waals surface area contributed by atoms with Gasteiger partial charge in [-0.15, -0.1) is 0 Å². The fourth-order valence-corrected chi connectivity index (χ4v) is 2.11. The van der Waals surface area contributed by atoms with Crippen molar-refractivity contribution in [3.05, 3.63) is 47.0 Å². The second kappa shape index (κ2) is 5.95. The molecular formula is C15H16ClNO2. The average Bonchev–Trinajstić information content (AvgIpc) is 2.46. The van der Waals surface area contributed by atoms with Crippen molar-refractivity contribution in [2.45, 2.75) is 6.54 Å². The van der Waals surface area contributed by atoms with Gasteiger partial charge in [-0.2, -0.15) is 0 Å². The number of rotatable bonds is 4. The molecule has 100 valence electrons. The topological polar surface area (TPSA) is 44.5 Å². The van der Waals surface area contributed by atoms with Crippen molar-refractivity contribution in [3.8, 4) is 22.6 Å². The van der Waals surface area contributed by atoms with Gasteiger partial charge in [0.05, 0.1) is 14.2 Å². The van der Waals surface area contributed by atoms with E-state index in [1.54, 1.807) is 14.2 Å². The summed E-state index contributed by atoms with van der Waals surface area (Å²) in [5, 5.41) is 0.707. The van der Waals surface area contributed by atoms with Crippen LogP contribution in [-0.4, -0.2) is 14.2 Å². The number of nitrogens with two attached hydrogens (primary N) is 1. The van der Waals surface area contributed by atoms with Crippen molar-refractivity contribution >= 4 is 11.6 Å². The van der Waals surface area contributed by atoms with Crippen LogP contribution in [0.2, 0.25) is 5.02 Å². The normalized spacial score (nSPS) is 10.3. The zero-order valence-corrected chi connectivity index (χ0v) is 11.7. The molecule has 0 aliphatic rings. The molecule has 0 radical (unpaired) electrons. The summed E-state index contributed by atoms with van der Waals surface area (Å²) in [4.78, 5) is 0. The van der Waals surface area contributed by atoms with Gasteiger partial charge < -0.3 is 15.2 Å². The Labute approximate surface area is 117 Å². The van der Waals surface area contributed by atoms with Gasteiger partial charge in [-0.3, -0.25) is 0 Å². The molecule has 0 saturated carbocycles. The van der Waals surface area contributed by atoms with E-state index in [0.717, 1.165) is 16.7 Å². The van der Waals surface area contributed by atoms with Crippen LogP contribution in [0.4, 0.5) is 0 Å². The fourth-order valence-electron chi connectivity index (χ4n) is 1.99. The molecule has 19 heavy (non-hydrogen) atoms. The van der Waals surface area contributed by atoms with Gasteiger partial charge in [-0.25, -0.2) is 0 Å². The number of ether oxygens (including phenoxy) is 2. The number of methoxy groups -OCH3 is 2. The van der Waals surface area contributed by atoms with Gasteiger partial charge in [-0.1, -0.05) is 23.7 Å². The minimum Gasteiger partial charge on any atom is -0.493 e. The molecule has 0 aliphatic carbocycles. The summed E-state index contributed by atoms with van der Waals surface area (Å²) in [6, 6.07) is 11.5. The van der Waals surface area contributed by atoms with E-state index >= 15 is 0 Å². The third kappa shape index (κ3) is 2.83. The number of benzene rings is 2. The number of hydrogen-bond acceptors (Lipinski definition) is 3. The van der Waals surface area contributed by atoms with E-state index in [-0.39, 0.29) is 0 Å². The predicted molar refractivity (Wildman–Crippen MR) is 77.9 cm³/mol. The van der Waals surface area contributed by atoms with Gasteiger partial charge in [0, 0.05) is 11.6 Å². The second-order valence-electron chi connectivity index (χ2n) is 4.08. The van der Waals surface area contributed by atoms with Crippen molar-refractivity contribution in [3.63, 3.8) is 0 Å². The molecule has 0 aliphatic heterocycles. The lowest BCUT2D eigenvalue weighted by molar-refractivity contribution is 0.354. The fraction of sp³-hybridized carbons (Fsp3) is 0.200. The zero-order valence-electron chi connectivity index (χ0n) is 10.9. The van der Waals surface area contributed by atoms with Crippen LogP contribution >= 0.6 is 11.6 Å². The van der Waals surface area contributed by atoms with E-state index < -0.39 is 0 Å². The van der Waals surface area contributed by atoms with Crippen LogP contribution in [0.15, 0.2) is 36.4 Å². The third-order valence-electron chi connectivity index (χ3n) is 2.98. The molecule has 0 saturated heterocycles. The van der Waals surface area contributed by atoms with Crippen LogP contribution in [-0.2, 0) is 6.54 Å². The minimum absolute atomic E-state index is 0.429. The molecule has 4 heteroatoms. The summed E-state index contributed by atoms with van der Waals surface area (Å²) in [7, 11) is 3.23. The first-order valence-electron chi connectivity index (χ1n) is 5.90. The highest BCUT2D eigenvalue weighted by molar-refractivity contribution is 6.30. The molecule has 0 amide bonds. The molecule has 3 nitrogen and oxygen atoms in total. The predicted octanol–water partition coefficient (Wildman–Crippen LogP) is 3.48. The zero-order chi connectivity index (χ0) is 13.8. The average molecular weight is 278 g/mol. The van der Waals surface area contributed by atoms with Crippen LogP contribution in [0.25, 0.3) is 11.1 Å². The van der Waals surface area contributed by atoms with E-state index in [1.807, 2.05) is 36.4 Å². The van der Waals surface area contributed by atoms with Crippen molar-refractivity contribution < 1.29 is 9.47 Å². The maximum Gasteiger partial charge on any atom is 0.161 e. The largest absolute Gasteiger partial charge is 0.493 e. The van der Waals surface area contributed by atoms with Crippen molar-refractivity contribution in [2.75, 3.05) is 14.2 Å². The highest BCUT2D eigenvalue weighted by atomic mass is 35.5. The Morgan fingerprint density at radius 1 is 1.00 bits per heavy atom. The molecule has 0 bridgehead atoms. The van der Waals surface area contributed by atoms with Gasteiger partial charge in [0.2, 0.25) is 0 Å². The molecule has 0 spiro atoms. The van der Waals surface area contributed by atoms with E-state index in [9.17, 15) is 0 Å². The summed E-state index contributed by atoms with van der Waals surface area (Å²) in [6.07, 6.45) is 0. The highest BCUT2D eigenvalue weighted by Crippen LogP contribution is 2.35. The monoisotopic (exact) mass is 277 g/mol. The molecule has 2 aromatic carbocycles. The summed E-state index contributed by atoms with van der Waals surface area (Å²) in [5.41, 5.74) is 8.88. The maximum atomic E-state index is 5.91. The first-order chi connectivity index (χ1) is 9.19. The molecule has 0 fully saturated rings. The first kappa shape index (κ1) is 13.7. The van der Waals surface area contributed by atoms with Crippen molar-refractivity contribution in [1.82, 2.24) is 0 Å². The lowest BCUT2D eigenvalue weighted by Crippen LogP contribution is -2.01. The third-order valence-corrected chi connectivity index (χ3v) is 3.24. The van der Waals surface area contributed by atoms with Crippen molar-refractivity contribution in [2.24, 2.45) is 5.73 Å². The van der Waals surface area contributed by atoms with E-state index in [0.29, 0.717) is 23.1 Å². The quantitative estimate of drug-likeness (QED) is 0.930. The van der Waals surface area contributed by atoms with Gasteiger partial charge in [0.15, 0.2) is 11.5 Å². The Morgan fingerprint density at radius 3 is 2.11 bits per heavy atom. The van der Waals surface area contributed by atoms with E-state index in [4.69, 9.17) is 26.8 Å². The Hall–Kier alpha value is -1.71. The Kier molecular flexibility index (Phi) is 4.30. The van der Waals surface area contributed by atoms with Gasteiger partial charge in [0.1, 0.15) is 0 Å². The van der Waals surface area contributed by atoms with E-state index in [1.165, 1.54) is 0 Å². The Morgan fingerprint density at radius 2 is 1.58 bits per heavy atom. The lowest BCUT2D eigenvalue weighted by atomic mass is 9.99. The standard InChI is InChI=1S/C15H16ClNO2/c1-18-14-7-11(9-17)13(8-15(14)19-2)10-3-5-12(16)6-4-10/h3-8H,9,17H2,1-2H3. The summed E-state index contributed by atoms with van der Waals surface area (Å²) < 4.78 is 10.6. The summed E-state index contributed by atoms with van der Waals surface area (Å²) in [6.45, 7) is 0.429. The van der Waals surface area contributed by atoms with Crippen LogP contribution < -0.4 is 15.2 Å². The molecule has 0 atom stereocenters. The summed E-state index contributed by atoms with van der Waals surface area (Å²) in [5.74, 6) is 1.37. The van der Waals surface area contributed by atoms with Gasteiger partial charge in [-0.05, 0) is 41.0 Å². The van der Waals surface area contributed by atoms with E-state index in [2.05, 4.69) is 0 Å². The van der Waals surface area contributed by atoms with Crippen LogP contribution in [0.3, 0.4) is 0 Å². The van der Waals surface area contributed by atoms with Gasteiger partial charge >= 0.3 is 0 Å². The molecule has 0 heterocycles. The van der Waals surface area contributed by atoms with Crippen LogP contribution in [0.1, 0.15) is 5.56 Å². The van der Waals surface area contributed by atoms with Crippen molar-refractivity contribution in [1.29, 1.82) is 0 Å². The lowest BCUT2D eigenvalue weighted by Gasteiger charge is -2.14. The second-order valence-corrected chi connectivity index (χ2v) is 4.51. The molecular weight excluding hydrogens is 262 g/mol. The van der Waals surface area contributed by atoms with Gasteiger partial charge in [0.25, 0.3) is 0 Å². The molecule has 2 aromatic rings. The molecule has 0 unspecified atom stereocenters. The Balaban J connectivity index is 2.57. The van der Waals surface area contributed by atoms with Crippen LogP contribution in [0.5, 0.6) is 11.5 Å². The number of halogens is 1.